The number of hydrogen-bond acceptors (Lipinski definition) is 2. The predicted octanol–water partition coefficient (Wildman–Crippen LogP) is 2.97. The van der Waals surface area contributed by atoms with Crippen molar-refractivity contribution in [2.24, 2.45) is 0 Å². The van der Waals surface area contributed by atoms with Gasteiger partial charge in [-0.25, -0.2) is 0 Å². The fraction of sp³-hybridized carbons (Fsp3) is 0.0769. The predicted molar refractivity (Wildman–Crippen MR) is 67.2 cm³/mol. The summed E-state index contributed by atoms with van der Waals surface area (Å²) in [5, 5.41) is 8.92. The Morgan fingerprint density at radius 3 is 2.59 bits per heavy atom. The fourth-order valence-corrected chi connectivity index (χ4v) is 2.11. The molecule has 0 radical (unpaired) electrons. The van der Waals surface area contributed by atoms with Gasteiger partial charge in [-0.1, -0.05) is 48.0 Å². The van der Waals surface area contributed by atoms with E-state index in [0.717, 1.165) is 17.9 Å². The van der Waals surface area contributed by atoms with Crippen LogP contribution in [0.15, 0.2) is 48.5 Å². The lowest BCUT2D eigenvalue weighted by Gasteiger charge is -2.02. The van der Waals surface area contributed by atoms with Crippen molar-refractivity contribution < 1.29 is 0 Å². The molecule has 84 valence electrons. The maximum absolute atomic E-state index is 6.15. The summed E-state index contributed by atoms with van der Waals surface area (Å²) in [6.07, 6.45) is 0.728. The Balaban J connectivity index is 2.07. The molecule has 0 saturated carbocycles. The number of pyridine rings is 1. The molecule has 0 aliphatic heterocycles. The van der Waals surface area contributed by atoms with Gasteiger partial charge in [-0.15, -0.1) is 10.2 Å². The zero-order valence-electron chi connectivity index (χ0n) is 9.05. The van der Waals surface area contributed by atoms with Crippen LogP contribution in [-0.2, 0) is 6.42 Å². The van der Waals surface area contributed by atoms with Gasteiger partial charge in [-0.3, -0.25) is 4.40 Å². The van der Waals surface area contributed by atoms with Gasteiger partial charge >= 0.3 is 0 Å². The van der Waals surface area contributed by atoms with Crippen LogP contribution in [0.2, 0.25) is 5.15 Å². The number of hydrogen-bond donors (Lipinski definition) is 0. The van der Waals surface area contributed by atoms with E-state index < -0.39 is 0 Å². The lowest BCUT2D eigenvalue weighted by atomic mass is 10.1. The minimum atomic E-state index is 0.637. The summed E-state index contributed by atoms with van der Waals surface area (Å²) >= 11 is 6.15. The van der Waals surface area contributed by atoms with E-state index in [9.17, 15) is 0 Å². The van der Waals surface area contributed by atoms with Gasteiger partial charge in [0.2, 0.25) is 0 Å². The van der Waals surface area contributed by atoms with Crippen LogP contribution in [-0.4, -0.2) is 14.6 Å². The number of aromatic nitrogens is 3. The van der Waals surface area contributed by atoms with E-state index in [4.69, 9.17) is 11.6 Å². The summed E-state index contributed by atoms with van der Waals surface area (Å²) < 4.78 is 1.87. The molecule has 0 bridgehead atoms. The SMILES string of the molecule is Clc1cccc2nnc(Cc3ccccc3)n12. The Morgan fingerprint density at radius 1 is 0.941 bits per heavy atom. The maximum Gasteiger partial charge on any atom is 0.161 e. The van der Waals surface area contributed by atoms with Gasteiger partial charge in [-0.05, 0) is 17.7 Å². The third kappa shape index (κ3) is 1.89. The van der Waals surface area contributed by atoms with Crippen molar-refractivity contribution in [2.75, 3.05) is 0 Å². The van der Waals surface area contributed by atoms with Crippen molar-refractivity contribution in [1.82, 2.24) is 14.6 Å². The Hall–Kier alpha value is -1.87. The van der Waals surface area contributed by atoms with Crippen molar-refractivity contribution in [3.8, 4) is 0 Å². The standard InChI is InChI=1S/C13H10ClN3/c14-11-7-4-8-12-15-16-13(17(11)12)9-10-5-2-1-3-6-10/h1-8H,9H2. The van der Waals surface area contributed by atoms with Crippen LogP contribution in [0.25, 0.3) is 5.65 Å². The molecule has 3 rings (SSSR count). The molecule has 3 nitrogen and oxygen atoms in total. The molecule has 0 aliphatic rings. The van der Waals surface area contributed by atoms with Crippen molar-refractivity contribution >= 4 is 17.2 Å². The molecular weight excluding hydrogens is 234 g/mol. The van der Waals surface area contributed by atoms with Crippen LogP contribution < -0.4 is 0 Å². The quantitative estimate of drug-likeness (QED) is 0.648. The molecule has 0 N–H and O–H groups in total. The van der Waals surface area contributed by atoms with Crippen molar-refractivity contribution in [2.45, 2.75) is 6.42 Å². The molecule has 0 fully saturated rings. The summed E-state index contributed by atoms with van der Waals surface area (Å²) in [6, 6.07) is 15.8. The van der Waals surface area contributed by atoms with Crippen LogP contribution in [0, 0.1) is 0 Å². The number of nitrogens with zero attached hydrogens (tertiary/aromatic N) is 3. The van der Waals surface area contributed by atoms with E-state index >= 15 is 0 Å². The van der Waals surface area contributed by atoms with Crippen molar-refractivity contribution in [1.29, 1.82) is 0 Å². The zero-order chi connectivity index (χ0) is 11.7. The number of rotatable bonds is 2. The first kappa shape index (κ1) is 10.3. The second-order valence-electron chi connectivity index (χ2n) is 3.82. The van der Waals surface area contributed by atoms with Gasteiger partial charge in [0.25, 0.3) is 0 Å². The van der Waals surface area contributed by atoms with Gasteiger partial charge in [0.1, 0.15) is 11.0 Å². The van der Waals surface area contributed by atoms with E-state index in [2.05, 4.69) is 22.3 Å². The van der Waals surface area contributed by atoms with Crippen LogP contribution in [0.1, 0.15) is 11.4 Å². The van der Waals surface area contributed by atoms with Crippen LogP contribution in [0.5, 0.6) is 0 Å². The van der Waals surface area contributed by atoms with E-state index in [1.807, 2.05) is 40.8 Å². The summed E-state index contributed by atoms with van der Waals surface area (Å²) in [6.45, 7) is 0. The highest BCUT2D eigenvalue weighted by atomic mass is 35.5. The molecule has 2 heterocycles. The first-order valence-corrected chi connectivity index (χ1v) is 5.75. The molecule has 0 amide bonds. The first-order chi connectivity index (χ1) is 8.34. The average molecular weight is 244 g/mol. The molecule has 0 unspecified atom stereocenters. The molecule has 0 aliphatic carbocycles. The third-order valence-electron chi connectivity index (χ3n) is 2.65. The summed E-state index contributed by atoms with van der Waals surface area (Å²) in [4.78, 5) is 0. The molecule has 1 aromatic carbocycles. The number of benzene rings is 1. The highest BCUT2D eigenvalue weighted by molar-refractivity contribution is 6.29. The normalized spacial score (nSPS) is 10.9. The highest BCUT2D eigenvalue weighted by Crippen LogP contribution is 2.15. The Bertz CT molecular complexity index is 646. The Morgan fingerprint density at radius 2 is 1.76 bits per heavy atom. The van der Waals surface area contributed by atoms with E-state index in [0.29, 0.717) is 5.15 Å². The molecule has 3 aromatic rings. The van der Waals surface area contributed by atoms with Crippen LogP contribution >= 0.6 is 11.6 Å². The van der Waals surface area contributed by atoms with Gasteiger partial charge in [0, 0.05) is 6.42 Å². The van der Waals surface area contributed by atoms with Gasteiger partial charge < -0.3 is 0 Å². The lowest BCUT2D eigenvalue weighted by molar-refractivity contribution is 0.935. The monoisotopic (exact) mass is 243 g/mol. The minimum absolute atomic E-state index is 0.637. The van der Waals surface area contributed by atoms with Crippen molar-refractivity contribution in [3.05, 3.63) is 65.1 Å². The molecule has 2 aromatic heterocycles. The molecule has 0 atom stereocenters. The van der Waals surface area contributed by atoms with Crippen molar-refractivity contribution in [3.63, 3.8) is 0 Å². The van der Waals surface area contributed by atoms with E-state index in [1.54, 1.807) is 0 Å². The van der Waals surface area contributed by atoms with Crippen LogP contribution in [0.4, 0.5) is 0 Å². The second-order valence-corrected chi connectivity index (χ2v) is 4.21. The summed E-state index contributed by atoms with van der Waals surface area (Å²) in [5.41, 5.74) is 1.98. The third-order valence-corrected chi connectivity index (χ3v) is 2.95. The van der Waals surface area contributed by atoms with Gasteiger partial charge in [-0.2, -0.15) is 0 Å². The number of fused-ring (bicyclic) bond motifs is 1. The van der Waals surface area contributed by atoms with Gasteiger partial charge in [0.15, 0.2) is 5.65 Å². The topological polar surface area (TPSA) is 30.2 Å². The second kappa shape index (κ2) is 4.18. The Kier molecular flexibility index (Phi) is 2.53. The first-order valence-electron chi connectivity index (χ1n) is 5.37. The average Bonchev–Trinajstić information content (AvgIpc) is 2.75. The number of halogens is 1. The van der Waals surface area contributed by atoms with Crippen LogP contribution in [0.3, 0.4) is 0 Å². The molecule has 0 spiro atoms. The fourth-order valence-electron chi connectivity index (χ4n) is 1.85. The highest BCUT2D eigenvalue weighted by Gasteiger charge is 2.08. The Labute approximate surface area is 104 Å². The minimum Gasteiger partial charge on any atom is -0.269 e. The molecule has 0 saturated heterocycles. The lowest BCUT2D eigenvalue weighted by Crippen LogP contribution is -1.97. The maximum atomic E-state index is 6.15. The largest absolute Gasteiger partial charge is 0.269 e. The van der Waals surface area contributed by atoms with E-state index in [1.165, 1.54) is 5.56 Å². The molecular formula is C13H10ClN3. The zero-order valence-corrected chi connectivity index (χ0v) is 9.80. The van der Waals surface area contributed by atoms with Gasteiger partial charge in [0.05, 0.1) is 0 Å². The molecule has 4 heteroatoms. The molecule has 17 heavy (non-hydrogen) atoms. The van der Waals surface area contributed by atoms with E-state index in [-0.39, 0.29) is 0 Å². The summed E-state index contributed by atoms with van der Waals surface area (Å²) in [5.74, 6) is 0.858. The summed E-state index contributed by atoms with van der Waals surface area (Å²) in [7, 11) is 0. The smallest absolute Gasteiger partial charge is 0.161 e.